The first-order chi connectivity index (χ1) is 13.6. The van der Waals surface area contributed by atoms with Gasteiger partial charge in [0.25, 0.3) is 5.91 Å². The lowest BCUT2D eigenvalue weighted by Crippen LogP contribution is -2.47. The van der Waals surface area contributed by atoms with E-state index in [1.54, 1.807) is 18.6 Å². The van der Waals surface area contributed by atoms with Crippen LogP contribution in [-0.2, 0) is 6.54 Å². The molecule has 0 unspecified atom stereocenters. The van der Waals surface area contributed by atoms with E-state index < -0.39 is 0 Å². The molecule has 1 aliphatic rings. The minimum atomic E-state index is -0.0485. The number of pyridine rings is 1. The molecular weight excluding hydrogens is 352 g/mol. The summed E-state index contributed by atoms with van der Waals surface area (Å²) in [6.45, 7) is 3.89. The van der Waals surface area contributed by atoms with Gasteiger partial charge in [-0.15, -0.1) is 0 Å². The topological polar surface area (TPSA) is 65.5 Å². The molecule has 1 saturated heterocycles. The summed E-state index contributed by atoms with van der Waals surface area (Å²) in [5, 5.41) is 1.11. The maximum absolute atomic E-state index is 12.8. The van der Waals surface area contributed by atoms with Crippen LogP contribution in [0.5, 0.6) is 0 Å². The number of carbonyl (C=O) groups is 1. The van der Waals surface area contributed by atoms with Crippen LogP contribution in [0.2, 0.25) is 0 Å². The third kappa shape index (κ3) is 3.94. The first-order valence-electron chi connectivity index (χ1n) is 9.45. The second-order valence-electron chi connectivity index (χ2n) is 7.24. The summed E-state index contributed by atoms with van der Waals surface area (Å²) in [5.74, 6) is 0.638. The minimum absolute atomic E-state index is 0.0485. The lowest BCUT2D eigenvalue weighted by atomic mass is 10.1. The minimum Gasteiger partial charge on any atom is -0.354 e. The Balaban J connectivity index is 1.49. The number of piperazine rings is 1. The molecule has 7 nitrogen and oxygen atoms in total. The zero-order valence-electron chi connectivity index (χ0n) is 16.2. The molecule has 0 saturated carbocycles. The van der Waals surface area contributed by atoms with Crippen molar-refractivity contribution in [3.8, 4) is 0 Å². The number of rotatable bonds is 4. The highest BCUT2D eigenvalue weighted by atomic mass is 16.2. The molecule has 144 valence electrons. The molecule has 1 aromatic carbocycles. The van der Waals surface area contributed by atoms with Gasteiger partial charge in [-0.25, -0.2) is 4.98 Å². The fourth-order valence-electron chi connectivity index (χ4n) is 3.39. The molecule has 0 aliphatic carbocycles. The lowest BCUT2D eigenvalue weighted by Gasteiger charge is -2.32. The molecule has 4 rings (SSSR count). The van der Waals surface area contributed by atoms with Gasteiger partial charge in [0.15, 0.2) is 0 Å². The lowest BCUT2D eigenvalue weighted by molar-refractivity contribution is 0.0658. The first kappa shape index (κ1) is 18.3. The summed E-state index contributed by atoms with van der Waals surface area (Å²) in [5.41, 5.74) is 2.53. The van der Waals surface area contributed by atoms with E-state index in [1.165, 1.54) is 0 Å². The van der Waals surface area contributed by atoms with Crippen molar-refractivity contribution in [1.82, 2.24) is 24.8 Å². The summed E-state index contributed by atoms with van der Waals surface area (Å²) < 4.78 is 0. The Labute approximate surface area is 164 Å². The highest BCUT2D eigenvalue weighted by Gasteiger charge is 2.22. The summed E-state index contributed by atoms with van der Waals surface area (Å²) in [7, 11) is 4.03. The Morgan fingerprint density at radius 3 is 2.79 bits per heavy atom. The number of hydrogen-bond acceptors (Lipinski definition) is 6. The maximum atomic E-state index is 12.8. The van der Waals surface area contributed by atoms with Crippen molar-refractivity contribution >= 4 is 22.6 Å². The molecule has 3 aromatic rings. The van der Waals surface area contributed by atoms with Gasteiger partial charge >= 0.3 is 0 Å². The second kappa shape index (κ2) is 7.90. The number of nitrogens with zero attached hydrogens (tertiary/aromatic N) is 6. The Kier molecular flexibility index (Phi) is 5.16. The average molecular weight is 376 g/mol. The Bertz CT molecular complexity index is 983. The number of carbonyl (C=O) groups excluding carboxylic acids is 1. The van der Waals surface area contributed by atoms with E-state index in [0.29, 0.717) is 18.1 Å². The molecule has 1 aliphatic heterocycles. The van der Waals surface area contributed by atoms with Crippen molar-refractivity contribution in [1.29, 1.82) is 0 Å². The fraction of sp³-hybridized carbons (Fsp3) is 0.333. The van der Waals surface area contributed by atoms with E-state index in [-0.39, 0.29) is 5.91 Å². The smallest absolute Gasteiger partial charge is 0.274 e. The molecule has 0 N–H and O–H groups in total. The van der Waals surface area contributed by atoms with Gasteiger partial charge in [0.05, 0.1) is 17.9 Å². The highest BCUT2D eigenvalue weighted by molar-refractivity contribution is 5.92. The zero-order chi connectivity index (χ0) is 19.5. The van der Waals surface area contributed by atoms with Gasteiger partial charge < -0.3 is 14.7 Å². The Hall–Kier alpha value is -3.06. The summed E-state index contributed by atoms with van der Waals surface area (Å²) in [4.78, 5) is 32.0. The third-order valence-corrected chi connectivity index (χ3v) is 5.11. The molecule has 0 spiro atoms. The molecule has 1 fully saturated rings. The van der Waals surface area contributed by atoms with Crippen LogP contribution in [0.25, 0.3) is 10.9 Å². The molecule has 0 atom stereocenters. The Morgan fingerprint density at radius 1 is 1.14 bits per heavy atom. The van der Waals surface area contributed by atoms with Crippen LogP contribution < -0.4 is 4.90 Å². The maximum Gasteiger partial charge on any atom is 0.274 e. The number of amides is 1. The van der Waals surface area contributed by atoms with Crippen LogP contribution in [0, 0.1) is 0 Å². The number of hydrogen-bond donors (Lipinski definition) is 0. The largest absolute Gasteiger partial charge is 0.354 e. The van der Waals surface area contributed by atoms with E-state index >= 15 is 0 Å². The normalized spacial score (nSPS) is 15.0. The molecule has 0 bridgehead atoms. The third-order valence-electron chi connectivity index (χ3n) is 5.11. The molecule has 0 radical (unpaired) electrons. The molecule has 28 heavy (non-hydrogen) atoms. The van der Waals surface area contributed by atoms with Crippen molar-refractivity contribution in [2.45, 2.75) is 6.54 Å². The van der Waals surface area contributed by atoms with Gasteiger partial charge in [-0.05, 0) is 30.8 Å². The van der Waals surface area contributed by atoms with Gasteiger partial charge in [0.2, 0.25) is 0 Å². The van der Waals surface area contributed by atoms with Crippen molar-refractivity contribution in [3.05, 3.63) is 60.2 Å². The standard InChI is InChI=1S/C21H24N6O/c1-25-8-10-27(11-9-25)21(28)19-13-22-14-20(24-19)26(2)15-16-5-6-18-17(12-16)4-3-7-23-18/h3-7,12-14H,8-11,15H2,1-2H3. The monoisotopic (exact) mass is 376 g/mol. The van der Waals surface area contributed by atoms with Crippen molar-refractivity contribution in [2.75, 3.05) is 45.2 Å². The number of fused-ring (bicyclic) bond motifs is 1. The van der Waals surface area contributed by atoms with Gasteiger partial charge in [0, 0.05) is 51.4 Å². The summed E-state index contributed by atoms with van der Waals surface area (Å²) in [6, 6.07) is 10.2. The van der Waals surface area contributed by atoms with Crippen LogP contribution in [0.3, 0.4) is 0 Å². The van der Waals surface area contributed by atoms with Crippen LogP contribution >= 0.6 is 0 Å². The first-order valence-corrected chi connectivity index (χ1v) is 9.45. The highest BCUT2D eigenvalue weighted by Crippen LogP contribution is 2.17. The van der Waals surface area contributed by atoms with Crippen LogP contribution in [0.1, 0.15) is 16.1 Å². The number of likely N-dealkylation sites (N-methyl/N-ethyl adjacent to an activating group) is 1. The Morgan fingerprint density at radius 2 is 1.96 bits per heavy atom. The van der Waals surface area contributed by atoms with E-state index in [4.69, 9.17) is 0 Å². The predicted octanol–water partition coefficient (Wildman–Crippen LogP) is 2.05. The second-order valence-corrected chi connectivity index (χ2v) is 7.24. The van der Waals surface area contributed by atoms with E-state index in [0.717, 1.165) is 42.6 Å². The average Bonchev–Trinajstić information content (AvgIpc) is 2.74. The van der Waals surface area contributed by atoms with E-state index in [1.807, 2.05) is 29.0 Å². The number of benzene rings is 1. The fourth-order valence-corrected chi connectivity index (χ4v) is 3.39. The number of aromatic nitrogens is 3. The SMILES string of the molecule is CN1CCN(C(=O)c2cncc(N(C)Cc3ccc4ncccc4c3)n2)CC1. The quantitative estimate of drug-likeness (QED) is 0.694. The molecule has 1 amide bonds. The predicted molar refractivity (Wildman–Crippen MR) is 109 cm³/mol. The molecular formula is C21H24N6O. The van der Waals surface area contributed by atoms with Crippen LogP contribution in [0.4, 0.5) is 5.82 Å². The van der Waals surface area contributed by atoms with Crippen molar-refractivity contribution < 1.29 is 4.79 Å². The molecule has 3 heterocycles. The summed E-state index contributed by atoms with van der Waals surface area (Å²) in [6.07, 6.45) is 5.05. The van der Waals surface area contributed by atoms with Crippen molar-refractivity contribution in [2.24, 2.45) is 0 Å². The van der Waals surface area contributed by atoms with Crippen LogP contribution in [0.15, 0.2) is 48.9 Å². The zero-order valence-corrected chi connectivity index (χ0v) is 16.2. The van der Waals surface area contributed by atoms with E-state index in [2.05, 4.69) is 45.1 Å². The summed E-state index contributed by atoms with van der Waals surface area (Å²) >= 11 is 0. The molecule has 7 heteroatoms. The van der Waals surface area contributed by atoms with Crippen LogP contribution in [-0.4, -0.2) is 70.9 Å². The van der Waals surface area contributed by atoms with Gasteiger partial charge in [-0.3, -0.25) is 14.8 Å². The molecule has 2 aromatic heterocycles. The van der Waals surface area contributed by atoms with Gasteiger partial charge in [0.1, 0.15) is 11.5 Å². The van der Waals surface area contributed by atoms with Crippen molar-refractivity contribution in [3.63, 3.8) is 0 Å². The van der Waals surface area contributed by atoms with E-state index in [9.17, 15) is 4.79 Å². The number of anilines is 1. The van der Waals surface area contributed by atoms with Gasteiger partial charge in [-0.2, -0.15) is 0 Å². The van der Waals surface area contributed by atoms with Gasteiger partial charge in [-0.1, -0.05) is 12.1 Å².